The first-order valence-corrected chi connectivity index (χ1v) is 6.70. The number of rotatable bonds is 5. The number of carbonyl (C=O) groups is 1. The molecule has 5 heteroatoms. The van der Waals surface area contributed by atoms with Gasteiger partial charge in [-0.05, 0) is 42.0 Å². The van der Waals surface area contributed by atoms with Crippen LogP contribution in [0.4, 0.5) is 5.69 Å². The quantitative estimate of drug-likeness (QED) is 0.648. The molecule has 21 heavy (non-hydrogen) atoms. The minimum atomic E-state index is 0.0377. The van der Waals surface area contributed by atoms with Crippen LogP contribution in [0.25, 0.3) is 0 Å². The summed E-state index contributed by atoms with van der Waals surface area (Å²) in [7, 11) is 0. The van der Waals surface area contributed by atoms with Crippen LogP contribution in [0.1, 0.15) is 15.9 Å². The third kappa shape index (κ3) is 3.14. The van der Waals surface area contributed by atoms with E-state index in [1.807, 2.05) is 18.2 Å². The fourth-order valence-electron chi connectivity index (χ4n) is 2.14. The summed E-state index contributed by atoms with van der Waals surface area (Å²) in [4.78, 5) is 12.0. The first-order chi connectivity index (χ1) is 10.2. The minimum absolute atomic E-state index is 0.0377. The van der Waals surface area contributed by atoms with E-state index >= 15 is 0 Å². The first kappa shape index (κ1) is 13.5. The van der Waals surface area contributed by atoms with Crippen LogP contribution in [0.5, 0.6) is 11.5 Å². The lowest BCUT2D eigenvalue weighted by atomic mass is 10.1. The molecule has 0 atom stereocenters. The van der Waals surface area contributed by atoms with Crippen molar-refractivity contribution >= 4 is 11.5 Å². The van der Waals surface area contributed by atoms with E-state index in [0.717, 1.165) is 17.1 Å². The van der Waals surface area contributed by atoms with E-state index < -0.39 is 0 Å². The van der Waals surface area contributed by atoms with Gasteiger partial charge in [-0.2, -0.15) is 0 Å². The summed E-state index contributed by atoms with van der Waals surface area (Å²) in [6, 6.07) is 12.7. The number of nitrogens with two attached hydrogens (primary N) is 1. The summed E-state index contributed by atoms with van der Waals surface area (Å²) in [5.41, 5.74) is 7.95. The molecule has 0 amide bonds. The maximum absolute atomic E-state index is 12.0. The van der Waals surface area contributed by atoms with Crippen LogP contribution in [0.15, 0.2) is 42.5 Å². The highest BCUT2D eigenvalue weighted by atomic mass is 16.7. The van der Waals surface area contributed by atoms with Gasteiger partial charge >= 0.3 is 0 Å². The Labute approximate surface area is 122 Å². The number of ketones is 1. The maximum Gasteiger partial charge on any atom is 0.231 e. The van der Waals surface area contributed by atoms with Gasteiger partial charge in [0.1, 0.15) is 0 Å². The van der Waals surface area contributed by atoms with Gasteiger partial charge in [0.15, 0.2) is 17.3 Å². The van der Waals surface area contributed by atoms with Gasteiger partial charge < -0.3 is 20.5 Å². The van der Waals surface area contributed by atoms with E-state index in [0.29, 0.717) is 17.8 Å². The molecule has 0 fully saturated rings. The lowest BCUT2D eigenvalue weighted by Crippen LogP contribution is -2.22. The average Bonchev–Trinajstić information content (AvgIpc) is 2.95. The second-order valence-corrected chi connectivity index (χ2v) is 4.84. The topological polar surface area (TPSA) is 73.6 Å². The molecule has 0 radical (unpaired) electrons. The van der Waals surface area contributed by atoms with Gasteiger partial charge in [-0.1, -0.05) is 6.07 Å². The number of Topliss-reactive ketones (excluding diaryl/α,β-unsaturated/α-hetero) is 1. The highest BCUT2D eigenvalue weighted by Gasteiger charge is 2.13. The molecule has 0 saturated carbocycles. The second kappa shape index (κ2) is 5.85. The van der Waals surface area contributed by atoms with Crippen LogP contribution in [0.2, 0.25) is 0 Å². The van der Waals surface area contributed by atoms with Crippen molar-refractivity contribution in [2.75, 3.05) is 19.1 Å². The smallest absolute Gasteiger partial charge is 0.231 e. The van der Waals surface area contributed by atoms with Crippen molar-refractivity contribution in [2.45, 2.75) is 6.54 Å². The van der Waals surface area contributed by atoms with Crippen molar-refractivity contribution in [1.82, 2.24) is 5.32 Å². The third-order valence-corrected chi connectivity index (χ3v) is 3.28. The van der Waals surface area contributed by atoms with Gasteiger partial charge in [0.2, 0.25) is 6.79 Å². The Kier molecular flexibility index (Phi) is 3.75. The Morgan fingerprint density at radius 3 is 2.67 bits per heavy atom. The van der Waals surface area contributed by atoms with Gasteiger partial charge in [0, 0.05) is 17.8 Å². The summed E-state index contributed by atoms with van der Waals surface area (Å²) in [6.45, 7) is 1.14. The summed E-state index contributed by atoms with van der Waals surface area (Å²) >= 11 is 0. The fourth-order valence-corrected chi connectivity index (χ4v) is 2.14. The summed E-state index contributed by atoms with van der Waals surface area (Å²) in [6.07, 6.45) is 0. The zero-order valence-electron chi connectivity index (χ0n) is 11.5. The van der Waals surface area contributed by atoms with E-state index in [2.05, 4.69) is 5.32 Å². The molecule has 5 nitrogen and oxygen atoms in total. The van der Waals surface area contributed by atoms with Gasteiger partial charge in [0.05, 0.1) is 6.54 Å². The van der Waals surface area contributed by atoms with Crippen molar-refractivity contribution in [2.24, 2.45) is 0 Å². The largest absolute Gasteiger partial charge is 0.454 e. The molecule has 1 heterocycles. The molecular weight excluding hydrogens is 268 g/mol. The van der Waals surface area contributed by atoms with Crippen molar-refractivity contribution in [3.8, 4) is 11.5 Å². The highest BCUT2D eigenvalue weighted by molar-refractivity contribution is 5.97. The molecule has 0 bridgehead atoms. The molecular formula is C16H16N2O3. The van der Waals surface area contributed by atoms with Gasteiger partial charge in [-0.15, -0.1) is 0 Å². The Bertz CT molecular complexity index is 653. The Morgan fingerprint density at radius 1 is 1.10 bits per heavy atom. The highest BCUT2D eigenvalue weighted by Crippen LogP contribution is 2.32. The first-order valence-electron chi connectivity index (χ1n) is 6.70. The van der Waals surface area contributed by atoms with Gasteiger partial charge in [0.25, 0.3) is 0 Å². The molecule has 3 N–H and O–H groups in total. The van der Waals surface area contributed by atoms with Crippen molar-refractivity contribution < 1.29 is 14.3 Å². The van der Waals surface area contributed by atoms with E-state index in [1.165, 1.54) is 0 Å². The number of carbonyl (C=O) groups excluding carboxylic acids is 1. The Morgan fingerprint density at radius 2 is 1.86 bits per heavy atom. The van der Waals surface area contributed by atoms with Crippen LogP contribution in [0.3, 0.4) is 0 Å². The van der Waals surface area contributed by atoms with E-state index in [1.54, 1.807) is 24.3 Å². The number of nitrogens with one attached hydrogen (secondary N) is 1. The van der Waals surface area contributed by atoms with Gasteiger partial charge in [-0.25, -0.2) is 0 Å². The van der Waals surface area contributed by atoms with E-state index in [-0.39, 0.29) is 19.1 Å². The minimum Gasteiger partial charge on any atom is -0.454 e. The van der Waals surface area contributed by atoms with E-state index in [4.69, 9.17) is 15.2 Å². The maximum atomic E-state index is 12.0. The summed E-state index contributed by atoms with van der Waals surface area (Å²) < 4.78 is 10.6. The number of ether oxygens (including phenoxy) is 2. The molecule has 2 aromatic carbocycles. The molecule has 2 aromatic rings. The number of hydrogen-bond donors (Lipinski definition) is 2. The zero-order chi connectivity index (χ0) is 14.7. The van der Waals surface area contributed by atoms with Crippen LogP contribution in [0, 0.1) is 0 Å². The number of fused-ring (bicyclic) bond motifs is 1. The molecule has 0 unspecified atom stereocenters. The molecule has 0 spiro atoms. The number of nitrogen functional groups attached to an aromatic ring is 1. The van der Waals surface area contributed by atoms with Crippen molar-refractivity contribution in [1.29, 1.82) is 0 Å². The van der Waals surface area contributed by atoms with Crippen LogP contribution < -0.4 is 20.5 Å². The second-order valence-electron chi connectivity index (χ2n) is 4.84. The fraction of sp³-hybridized carbons (Fsp3) is 0.188. The van der Waals surface area contributed by atoms with Crippen molar-refractivity contribution in [3.63, 3.8) is 0 Å². The lowest BCUT2D eigenvalue weighted by molar-refractivity contribution is 0.0991. The van der Waals surface area contributed by atoms with Crippen molar-refractivity contribution in [3.05, 3.63) is 53.6 Å². The predicted octanol–water partition coefficient (Wildman–Crippen LogP) is 1.97. The van der Waals surface area contributed by atoms with Crippen LogP contribution in [-0.4, -0.2) is 19.1 Å². The third-order valence-electron chi connectivity index (χ3n) is 3.28. The molecule has 0 aromatic heterocycles. The Hall–Kier alpha value is -2.53. The van der Waals surface area contributed by atoms with E-state index in [9.17, 15) is 4.79 Å². The zero-order valence-corrected chi connectivity index (χ0v) is 11.5. The average molecular weight is 284 g/mol. The summed E-state index contributed by atoms with van der Waals surface area (Å²) in [5, 5.41) is 3.13. The SMILES string of the molecule is Nc1ccc(C(=O)CNCc2ccc3c(c2)OCO3)cc1. The van der Waals surface area contributed by atoms with Gasteiger partial charge in [-0.3, -0.25) is 4.79 Å². The monoisotopic (exact) mass is 284 g/mol. The van der Waals surface area contributed by atoms with Crippen LogP contribution in [-0.2, 0) is 6.54 Å². The lowest BCUT2D eigenvalue weighted by Gasteiger charge is -2.06. The molecule has 1 aliphatic heterocycles. The summed E-state index contributed by atoms with van der Waals surface area (Å²) in [5.74, 6) is 1.55. The number of anilines is 1. The normalized spacial score (nSPS) is 12.4. The molecule has 1 aliphatic rings. The number of hydrogen-bond acceptors (Lipinski definition) is 5. The molecule has 0 saturated heterocycles. The van der Waals surface area contributed by atoms with Crippen LogP contribution >= 0.6 is 0 Å². The standard InChI is InChI=1S/C16H16N2O3/c17-13-4-2-12(3-5-13)14(19)9-18-8-11-1-6-15-16(7-11)21-10-20-15/h1-7,18H,8-10,17H2. The molecule has 108 valence electrons. The Balaban J connectivity index is 1.54. The molecule has 0 aliphatic carbocycles. The molecule has 3 rings (SSSR count). The predicted molar refractivity (Wildman–Crippen MR) is 79.5 cm³/mol. The number of benzene rings is 2.